The number of carbonyl (C=O) groups is 2. The number of H-pyrrole nitrogens is 1. The molecule has 1 aliphatic heterocycles. The van der Waals surface area contributed by atoms with Crippen molar-refractivity contribution >= 4 is 56.1 Å². The molecule has 1 aliphatic rings. The van der Waals surface area contributed by atoms with Gasteiger partial charge in [-0.15, -0.1) is 11.3 Å². The number of thiophene rings is 1. The first-order valence-corrected chi connectivity index (χ1v) is 13.1. The number of carboxylic acid groups (broad SMARTS) is 1. The lowest BCUT2D eigenvalue weighted by Gasteiger charge is -2.28. The third-order valence-corrected chi connectivity index (χ3v) is 7.50. The van der Waals surface area contributed by atoms with Gasteiger partial charge in [0.25, 0.3) is 5.91 Å². The predicted molar refractivity (Wildman–Crippen MR) is 146 cm³/mol. The molecule has 4 aromatic heterocycles. The number of aromatic amines is 1. The number of anilines is 2. The largest absolute Gasteiger partial charge is 0.480 e. The van der Waals surface area contributed by atoms with Gasteiger partial charge in [0.2, 0.25) is 5.95 Å². The number of nitrogens with zero attached hydrogens (tertiary/aromatic N) is 7. The first kappa shape index (κ1) is 25.5. The number of ether oxygens (including phenoxy) is 1. The van der Waals surface area contributed by atoms with E-state index in [-0.39, 0.29) is 24.6 Å². The SMILES string of the molecule is O=C(O)CN(Cc1cc2nc(-c3cccc4[nH]ncc34)nc(N3CCOCC3)c2s1)c1ncc(C(=O)NO)cn1. The Bertz CT molecular complexity index is 1700. The van der Waals surface area contributed by atoms with E-state index in [4.69, 9.17) is 19.9 Å². The van der Waals surface area contributed by atoms with Gasteiger partial charge < -0.3 is 19.6 Å². The third-order valence-electron chi connectivity index (χ3n) is 6.40. The van der Waals surface area contributed by atoms with Crippen LogP contribution >= 0.6 is 11.3 Å². The van der Waals surface area contributed by atoms with Gasteiger partial charge in [0.1, 0.15) is 6.54 Å². The maximum atomic E-state index is 11.7. The molecule has 0 aliphatic carbocycles. The molecule has 0 unspecified atom stereocenters. The molecular formula is C25H23N9O5S. The highest BCUT2D eigenvalue weighted by Crippen LogP contribution is 2.36. The number of morpholine rings is 1. The average Bonchev–Trinajstić information content (AvgIpc) is 3.63. The Labute approximate surface area is 230 Å². The summed E-state index contributed by atoms with van der Waals surface area (Å²) in [6.45, 7) is 2.36. The summed E-state index contributed by atoms with van der Waals surface area (Å²) in [6, 6.07) is 7.75. The Morgan fingerprint density at radius 3 is 2.70 bits per heavy atom. The van der Waals surface area contributed by atoms with E-state index in [1.807, 2.05) is 24.3 Å². The molecule has 14 nitrogen and oxygen atoms in total. The molecule has 1 saturated heterocycles. The molecule has 6 rings (SSSR count). The highest BCUT2D eigenvalue weighted by molar-refractivity contribution is 7.19. The van der Waals surface area contributed by atoms with Crippen LogP contribution in [0.1, 0.15) is 15.2 Å². The Kier molecular flexibility index (Phi) is 6.90. The zero-order valence-electron chi connectivity index (χ0n) is 20.9. The zero-order chi connectivity index (χ0) is 27.6. The van der Waals surface area contributed by atoms with Gasteiger partial charge in [-0.2, -0.15) is 5.10 Å². The number of carbonyl (C=O) groups excluding carboxylic acids is 1. The van der Waals surface area contributed by atoms with E-state index in [2.05, 4.69) is 25.1 Å². The maximum absolute atomic E-state index is 11.7. The standard InChI is InChI=1S/C25H23N9O5S/c35-20(36)13-34(25-26-9-14(10-27-25)24(37)32-38)12-15-8-19-21(40-15)23(33-4-6-39-7-5-33)30-22(29-19)16-2-1-3-18-17(16)11-28-31-18/h1-3,8-11,38H,4-7,12-13H2,(H,28,31)(H,32,37)(H,35,36). The van der Waals surface area contributed by atoms with Crippen LogP contribution in [0.25, 0.3) is 32.5 Å². The first-order valence-electron chi connectivity index (χ1n) is 12.3. The van der Waals surface area contributed by atoms with Gasteiger partial charge in [-0.05, 0) is 12.1 Å². The highest BCUT2D eigenvalue weighted by atomic mass is 32.1. The van der Waals surface area contributed by atoms with Crippen LogP contribution < -0.4 is 15.3 Å². The van der Waals surface area contributed by atoms with Crippen molar-refractivity contribution in [2.45, 2.75) is 6.54 Å². The number of hydrogen-bond acceptors (Lipinski definition) is 12. The number of fused-ring (bicyclic) bond motifs is 2. The normalized spacial score (nSPS) is 13.6. The summed E-state index contributed by atoms with van der Waals surface area (Å²) in [5.41, 5.74) is 4.02. The van der Waals surface area contributed by atoms with Crippen LogP contribution in [0, 0.1) is 0 Å². The number of amides is 1. The van der Waals surface area contributed by atoms with Crippen molar-refractivity contribution in [2.24, 2.45) is 0 Å². The highest BCUT2D eigenvalue weighted by Gasteiger charge is 2.23. The smallest absolute Gasteiger partial charge is 0.323 e. The topological polar surface area (TPSA) is 183 Å². The third kappa shape index (κ3) is 5.00. The molecule has 0 radical (unpaired) electrons. The van der Waals surface area contributed by atoms with Crippen LogP contribution in [0.4, 0.5) is 11.8 Å². The minimum atomic E-state index is -1.06. The van der Waals surface area contributed by atoms with Crippen molar-refractivity contribution in [3.05, 3.63) is 53.3 Å². The molecule has 0 spiro atoms. The van der Waals surface area contributed by atoms with Gasteiger partial charge in [-0.1, -0.05) is 12.1 Å². The van der Waals surface area contributed by atoms with E-state index in [1.165, 1.54) is 34.1 Å². The number of nitrogens with one attached hydrogen (secondary N) is 2. The van der Waals surface area contributed by atoms with E-state index < -0.39 is 11.9 Å². The molecule has 204 valence electrons. The monoisotopic (exact) mass is 561 g/mol. The zero-order valence-corrected chi connectivity index (χ0v) is 21.8. The number of carboxylic acids is 1. The molecule has 1 aromatic carbocycles. The molecule has 40 heavy (non-hydrogen) atoms. The summed E-state index contributed by atoms with van der Waals surface area (Å²) in [5, 5.41) is 26.4. The van der Waals surface area contributed by atoms with Gasteiger partial charge in [0, 0.05) is 41.3 Å². The van der Waals surface area contributed by atoms with Crippen molar-refractivity contribution in [2.75, 3.05) is 42.6 Å². The Hall–Kier alpha value is -4.73. The summed E-state index contributed by atoms with van der Waals surface area (Å²) in [4.78, 5) is 46.0. The number of aliphatic carboxylic acids is 1. The summed E-state index contributed by atoms with van der Waals surface area (Å²) in [6.07, 6.45) is 4.20. The van der Waals surface area contributed by atoms with Crippen molar-refractivity contribution in [3.8, 4) is 11.4 Å². The number of benzene rings is 1. The Balaban J connectivity index is 1.40. The van der Waals surface area contributed by atoms with Crippen LogP contribution in [0.2, 0.25) is 0 Å². The fourth-order valence-electron chi connectivity index (χ4n) is 4.53. The number of aromatic nitrogens is 6. The van der Waals surface area contributed by atoms with Gasteiger partial charge in [0.15, 0.2) is 11.6 Å². The van der Waals surface area contributed by atoms with E-state index in [9.17, 15) is 14.7 Å². The number of hydrogen-bond donors (Lipinski definition) is 4. The van der Waals surface area contributed by atoms with Crippen molar-refractivity contribution in [3.63, 3.8) is 0 Å². The van der Waals surface area contributed by atoms with Gasteiger partial charge in [-0.25, -0.2) is 25.4 Å². The summed E-state index contributed by atoms with van der Waals surface area (Å²) < 4.78 is 6.44. The minimum Gasteiger partial charge on any atom is -0.480 e. The van der Waals surface area contributed by atoms with Crippen LogP contribution in [-0.4, -0.2) is 85.2 Å². The lowest BCUT2D eigenvalue weighted by molar-refractivity contribution is -0.135. The van der Waals surface area contributed by atoms with E-state index in [0.29, 0.717) is 32.1 Å². The average molecular weight is 562 g/mol. The quantitative estimate of drug-likeness (QED) is 0.160. The van der Waals surface area contributed by atoms with E-state index >= 15 is 0 Å². The number of hydroxylamine groups is 1. The lowest BCUT2D eigenvalue weighted by Crippen LogP contribution is -2.36. The second kappa shape index (κ2) is 10.8. The molecule has 5 aromatic rings. The van der Waals surface area contributed by atoms with E-state index in [1.54, 1.807) is 6.20 Å². The molecule has 15 heteroatoms. The van der Waals surface area contributed by atoms with Crippen molar-refractivity contribution in [1.29, 1.82) is 0 Å². The molecule has 0 saturated carbocycles. The van der Waals surface area contributed by atoms with Crippen molar-refractivity contribution in [1.82, 2.24) is 35.6 Å². The van der Waals surface area contributed by atoms with E-state index in [0.717, 1.165) is 37.4 Å². The van der Waals surface area contributed by atoms with Crippen molar-refractivity contribution < 1.29 is 24.6 Å². The second-order valence-corrected chi connectivity index (χ2v) is 10.1. The molecule has 1 amide bonds. The Morgan fingerprint density at radius 2 is 1.95 bits per heavy atom. The predicted octanol–water partition coefficient (Wildman–Crippen LogP) is 2.07. The summed E-state index contributed by atoms with van der Waals surface area (Å²) >= 11 is 1.48. The Morgan fingerprint density at radius 1 is 1.15 bits per heavy atom. The molecule has 5 heterocycles. The molecular weight excluding hydrogens is 538 g/mol. The fourth-order valence-corrected chi connectivity index (χ4v) is 5.66. The van der Waals surface area contributed by atoms with Crippen LogP contribution in [0.15, 0.2) is 42.9 Å². The minimum absolute atomic E-state index is 0.0361. The summed E-state index contributed by atoms with van der Waals surface area (Å²) in [5.74, 6) is -0.349. The molecule has 0 bridgehead atoms. The first-order chi connectivity index (χ1) is 19.5. The fraction of sp³-hybridized carbons (Fsp3) is 0.240. The molecule has 4 N–H and O–H groups in total. The van der Waals surface area contributed by atoms with Gasteiger partial charge in [-0.3, -0.25) is 19.9 Å². The lowest BCUT2D eigenvalue weighted by atomic mass is 10.1. The molecule has 1 fully saturated rings. The maximum Gasteiger partial charge on any atom is 0.323 e. The van der Waals surface area contributed by atoms with Crippen LogP contribution in [-0.2, 0) is 16.1 Å². The van der Waals surface area contributed by atoms with Gasteiger partial charge in [0.05, 0.1) is 47.3 Å². The summed E-state index contributed by atoms with van der Waals surface area (Å²) in [7, 11) is 0. The van der Waals surface area contributed by atoms with Crippen LogP contribution in [0.5, 0.6) is 0 Å². The number of rotatable bonds is 8. The van der Waals surface area contributed by atoms with Crippen LogP contribution in [0.3, 0.4) is 0 Å². The van der Waals surface area contributed by atoms with Gasteiger partial charge >= 0.3 is 5.97 Å². The second-order valence-electron chi connectivity index (χ2n) is 9.00. The molecule has 0 atom stereocenters.